The van der Waals surface area contributed by atoms with Gasteiger partial charge in [0, 0.05) is 6.54 Å². The van der Waals surface area contributed by atoms with Gasteiger partial charge in [-0.3, -0.25) is 4.90 Å². The van der Waals surface area contributed by atoms with Crippen LogP contribution in [0.5, 0.6) is 0 Å². The third kappa shape index (κ3) is 2.48. The predicted molar refractivity (Wildman–Crippen MR) is 69.8 cm³/mol. The van der Waals surface area contributed by atoms with Gasteiger partial charge in [-0.25, -0.2) is 4.79 Å². The smallest absolute Gasteiger partial charge is 0.411 e. The van der Waals surface area contributed by atoms with Crippen molar-refractivity contribution in [3.8, 4) is 12.3 Å². The number of nitrogens with zero attached hydrogens (tertiary/aromatic N) is 1. The van der Waals surface area contributed by atoms with Gasteiger partial charge in [0.05, 0.1) is 0 Å². The van der Waals surface area contributed by atoms with Crippen molar-refractivity contribution in [1.29, 1.82) is 0 Å². The van der Waals surface area contributed by atoms with Gasteiger partial charge in [0.15, 0.2) is 0 Å². The molecular formula is C15H17NO2. The average Bonchev–Trinajstić information content (AvgIpc) is 2.80. The minimum Gasteiger partial charge on any atom is -0.445 e. The number of ether oxygens (including phenoxy) is 1. The Morgan fingerprint density at radius 1 is 1.50 bits per heavy atom. The van der Waals surface area contributed by atoms with Gasteiger partial charge in [-0.2, -0.15) is 0 Å². The molecule has 1 atom stereocenters. The summed E-state index contributed by atoms with van der Waals surface area (Å²) in [6.45, 7) is 2.87. The Balaban J connectivity index is 1.95. The highest BCUT2D eigenvalue weighted by Crippen LogP contribution is 2.28. The van der Waals surface area contributed by atoms with Crippen LogP contribution in [0.3, 0.4) is 0 Å². The average molecular weight is 243 g/mol. The van der Waals surface area contributed by atoms with E-state index >= 15 is 0 Å². The maximum atomic E-state index is 12.0. The molecule has 1 aliphatic heterocycles. The Morgan fingerprint density at radius 2 is 2.22 bits per heavy atom. The summed E-state index contributed by atoms with van der Waals surface area (Å²) in [6.07, 6.45) is 6.95. The van der Waals surface area contributed by atoms with Crippen LogP contribution in [-0.2, 0) is 11.3 Å². The lowest BCUT2D eigenvalue weighted by molar-refractivity contribution is 0.0838. The van der Waals surface area contributed by atoms with Crippen molar-refractivity contribution >= 4 is 6.09 Å². The molecule has 1 fully saturated rings. The van der Waals surface area contributed by atoms with Gasteiger partial charge in [0.2, 0.25) is 0 Å². The van der Waals surface area contributed by atoms with Gasteiger partial charge in [-0.05, 0) is 25.3 Å². The van der Waals surface area contributed by atoms with E-state index in [2.05, 4.69) is 5.92 Å². The summed E-state index contributed by atoms with van der Waals surface area (Å²) in [7, 11) is 0. The number of benzene rings is 1. The van der Waals surface area contributed by atoms with Gasteiger partial charge in [0.25, 0.3) is 0 Å². The standard InChI is InChI=1S/C15H17NO2/c1-3-15(2)10-7-11-16(15)14(17)18-12-13-8-5-4-6-9-13/h1,4-6,8-9H,7,10-12H2,2H3/t15-/m0/s1. The topological polar surface area (TPSA) is 29.5 Å². The first-order chi connectivity index (χ1) is 8.65. The number of hydrogen-bond donors (Lipinski definition) is 0. The van der Waals surface area contributed by atoms with Gasteiger partial charge in [-0.1, -0.05) is 36.3 Å². The molecule has 1 aromatic rings. The number of amides is 1. The highest BCUT2D eigenvalue weighted by molar-refractivity contribution is 5.70. The van der Waals surface area contributed by atoms with Crippen molar-refractivity contribution in [3.05, 3.63) is 35.9 Å². The molecule has 0 bridgehead atoms. The Morgan fingerprint density at radius 3 is 2.89 bits per heavy atom. The molecule has 0 saturated carbocycles. The number of terminal acetylenes is 1. The zero-order chi connectivity index (χ0) is 13.0. The molecule has 1 aromatic carbocycles. The van der Waals surface area contributed by atoms with Crippen LogP contribution < -0.4 is 0 Å². The highest BCUT2D eigenvalue weighted by atomic mass is 16.6. The van der Waals surface area contributed by atoms with Crippen LogP contribution in [0.25, 0.3) is 0 Å². The first-order valence-corrected chi connectivity index (χ1v) is 6.12. The summed E-state index contributed by atoms with van der Waals surface area (Å²) in [5.74, 6) is 2.69. The SMILES string of the molecule is C#C[C@@]1(C)CCCN1C(=O)OCc1ccccc1. The van der Waals surface area contributed by atoms with Crippen molar-refractivity contribution in [2.75, 3.05) is 6.54 Å². The van der Waals surface area contributed by atoms with Crippen molar-refractivity contribution in [2.45, 2.75) is 31.9 Å². The van der Waals surface area contributed by atoms with Crippen LogP contribution in [0.15, 0.2) is 30.3 Å². The second-order valence-electron chi connectivity index (χ2n) is 4.71. The molecule has 1 heterocycles. The largest absolute Gasteiger partial charge is 0.445 e. The van der Waals surface area contributed by atoms with E-state index in [9.17, 15) is 4.79 Å². The number of carbonyl (C=O) groups is 1. The monoisotopic (exact) mass is 243 g/mol. The Hall–Kier alpha value is -1.95. The molecule has 0 N–H and O–H groups in total. The van der Waals surface area contributed by atoms with Gasteiger partial charge >= 0.3 is 6.09 Å². The van der Waals surface area contributed by atoms with Crippen LogP contribution >= 0.6 is 0 Å². The van der Waals surface area contributed by atoms with Crippen molar-refractivity contribution in [3.63, 3.8) is 0 Å². The van der Waals surface area contributed by atoms with E-state index in [-0.39, 0.29) is 12.7 Å². The maximum absolute atomic E-state index is 12.0. The first-order valence-electron chi connectivity index (χ1n) is 6.12. The summed E-state index contributed by atoms with van der Waals surface area (Å²) in [5, 5.41) is 0. The van der Waals surface area contributed by atoms with E-state index in [1.807, 2.05) is 37.3 Å². The quantitative estimate of drug-likeness (QED) is 0.747. The fraction of sp³-hybridized carbons (Fsp3) is 0.400. The molecule has 0 aromatic heterocycles. The second-order valence-corrected chi connectivity index (χ2v) is 4.71. The fourth-order valence-electron chi connectivity index (χ4n) is 2.20. The molecule has 3 nitrogen and oxygen atoms in total. The number of rotatable bonds is 2. The predicted octanol–water partition coefficient (Wildman–Crippen LogP) is 2.81. The summed E-state index contributed by atoms with van der Waals surface area (Å²) < 4.78 is 5.30. The molecule has 3 heteroatoms. The van der Waals surface area contributed by atoms with Gasteiger partial charge in [-0.15, -0.1) is 6.42 Å². The second kappa shape index (κ2) is 5.14. The minimum atomic E-state index is -0.492. The van der Waals surface area contributed by atoms with Crippen molar-refractivity contribution < 1.29 is 9.53 Å². The zero-order valence-electron chi connectivity index (χ0n) is 10.6. The van der Waals surface area contributed by atoms with Crippen LogP contribution in [0.1, 0.15) is 25.3 Å². The lowest BCUT2D eigenvalue weighted by Crippen LogP contribution is -2.44. The van der Waals surface area contributed by atoms with Gasteiger partial charge < -0.3 is 4.74 Å². The van der Waals surface area contributed by atoms with Gasteiger partial charge in [0.1, 0.15) is 12.1 Å². The van der Waals surface area contributed by atoms with Crippen LogP contribution in [0.4, 0.5) is 4.79 Å². The Bertz CT molecular complexity index is 463. The van der Waals surface area contributed by atoms with Crippen molar-refractivity contribution in [1.82, 2.24) is 4.90 Å². The Labute approximate surface area is 108 Å². The molecule has 0 spiro atoms. The molecule has 2 rings (SSSR count). The van der Waals surface area contributed by atoms with E-state index < -0.39 is 5.54 Å². The normalized spacial score (nSPS) is 22.6. The van der Waals surface area contributed by atoms with E-state index in [4.69, 9.17) is 11.2 Å². The first kappa shape index (κ1) is 12.5. The maximum Gasteiger partial charge on any atom is 0.411 e. The molecule has 18 heavy (non-hydrogen) atoms. The zero-order valence-corrected chi connectivity index (χ0v) is 10.6. The summed E-state index contributed by atoms with van der Waals surface area (Å²) in [4.78, 5) is 13.7. The van der Waals surface area contributed by atoms with E-state index in [1.165, 1.54) is 0 Å². The number of hydrogen-bond acceptors (Lipinski definition) is 2. The Kier molecular flexibility index (Phi) is 3.57. The van der Waals surface area contributed by atoms with Crippen molar-refractivity contribution in [2.24, 2.45) is 0 Å². The molecule has 94 valence electrons. The number of likely N-dealkylation sites (tertiary alicyclic amines) is 1. The van der Waals surface area contributed by atoms with E-state index in [0.717, 1.165) is 18.4 Å². The summed E-state index contributed by atoms with van der Waals surface area (Å²) in [5.41, 5.74) is 0.487. The molecule has 0 radical (unpaired) electrons. The molecule has 1 aliphatic rings. The summed E-state index contributed by atoms with van der Waals surface area (Å²) >= 11 is 0. The molecule has 1 amide bonds. The third-order valence-electron chi connectivity index (χ3n) is 3.38. The minimum absolute atomic E-state index is 0.289. The highest BCUT2D eigenvalue weighted by Gasteiger charge is 2.39. The van der Waals surface area contributed by atoms with Crippen LogP contribution in [-0.4, -0.2) is 23.1 Å². The molecule has 0 unspecified atom stereocenters. The molecule has 1 saturated heterocycles. The number of carbonyl (C=O) groups excluding carboxylic acids is 1. The molecular weight excluding hydrogens is 226 g/mol. The van der Waals surface area contributed by atoms with E-state index in [1.54, 1.807) is 4.90 Å². The fourth-order valence-corrected chi connectivity index (χ4v) is 2.20. The lowest BCUT2D eigenvalue weighted by atomic mass is 10.0. The third-order valence-corrected chi connectivity index (χ3v) is 3.38. The lowest BCUT2D eigenvalue weighted by Gasteiger charge is -2.29. The van der Waals surface area contributed by atoms with Crippen LogP contribution in [0, 0.1) is 12.3 Å². The molecule has 0 aliphatic carbocycles. The van der Waals surface area contributed by atoms with E-state index in [0.29, 0.717) is 6.54 Å². The van der Waals surface area contributed by atoms with Crippen LogP contribution in [0.2, 0.25) is 0 Å². The summed E-state index contributed by atoms with van der Waals surface area (Å²) in [6, 6.07) is 9.63.